The Morgan fingerprint density at radius 1 is 1.28 bits per heavy atom. The second kappa shape index (κ2) is 5.21. The fraction of sp³-hybridized carbons (Fsp3) is 0.667. The minimum atomic E-state index is -5.59. The number of nitrogens with one attached hydrogen (secondary N) is 1. The van der Waals surface area contributed by atoms with Gasteiger partial charge in [-0.3, -0.25) is 14.3 Å². The van der Waals surface area contributed by atoms with E-state index in [1.807, 2.05) is 0 Å². The third kappa shape index (κ3) is 2.40. The molecule has 13 heteroatoms. The maximum atomic E-state index is 15.1. The van der Waals surface area contributed by atoms with Crippen molar-refractivity contribution in [2.75, 3.05) is 0 Å². The van der Waals surface area contributed by atoms with Gasteiger partial charge in [-0.25, -0.2) is 9.18 Å². The quantitative estimate of drug-likeness (QED) is 0.368. The highest BCUT2D eigenvalue weighted by atomic mass is 19.4. The molecule has 0 spiro atoms. The van der Waals surface area contributed by atoms with Gasteiger partial charge < -0.3 is 14.9 Å². The molecule has 1 saturated carbocycles. The molecule has 2 fully saturated rings. The van der Waals surface area contributed by atoms with E-state index in [2.05, 4.69) is 0 Å². The van der Waals surface area contributed by atoms with E-state index in [-0.39, 0.29) is 23.9 Å². The average Bonchev–Trinajstić information content (AvgIpc) is 3.17. The van der Waals surface area contributed by atoms with Crippen molar-refractivity contribution >= 4 is 26.7 Å². The van der Waals surface area contributed by atoms with Gasteiger partial charge >= 0.3 is 11.9 Å². The lowest BCUT2D eigenvalue weighted by molar-refractivity contribution is -0.273. The maximum absolute atomic E-state index is 15.1. The molecule has 2 heterocycles. The number of aliphatic hydroxyl groups excluding tert-OH is 1. The summed E-state index contributed by atoms with van der Waals surface area (Å²) in [5, 5.41) is 20.0. The number of aromatic nitrogens is 2. The molecule has 3 N–H and O–H groups in total. The van der Waals surface area contributed by atoms with Crippen molar-refractivity contribution in [1.82, 2.24) is 9.55 Å². The lowest BCUT2D eigenvalue weighted by atomic mass is 9.85. The molecule has 2 unspecified atom stereocenters. The number of aromatic amines is 1. The number of alkyl halides is 4. The minimum Gasteiger partial charge on any atom is -0.387 e. The highest BCUT2D eigenvalue weighted by molar-refractivity contribution is 6.47. The van der Waals surface area contributed by atoms with Crippen LogP contribution >= 0.6 is 0 Å². The van der Waals surface area contributed by atoms with E-state index in [0.29, 0.717) is 4.57 Å². The third-order valence-electron chi connectivity index (χ3n) is 5.00. The van der Waals surface area contributed by atoms with E-state index in [1.54, 1.807) is 4.98 Å². The predicted octanol–water partition coefficient (Wildman–Crippen LogP) is -3.89. The summed E-state index contributed by atoms with van der Waals surface area (Å²) < 4.78 is 60.9. The average molecular weight is 364 g/mol. The van der Waals surface area contributed by atoms with Crippen LogP contribution < -0.4 is 22.3 Å². The monoisotopic (exact) mass is 364 g/mol. The summed E-state index contributed by atoms with van der Waals surface area (Å²) in [6.07, 6.45) is -12.7. The van der Waals surface area contributed by atoms with Crippen LogP contribution in [0.4, 0.5) is 17.6 Å². The van der Waals surface area contributed by atoms with Crippen molar-refractivity contribution in [2.45, 2.75) is 48.7 Å². The molecule has 1 aliphatic carbocycles. The number of H-pyrrole nitrogens is 1. The molecule has 1 saturated heterocycles. The molecule has 0 amide bonds. The van der Waals surface area contributed by atoms with E-state index in [4.69, 9.17) is 4.74 Å². The van der Waals surface area contributed by atoms with Gasteiger partial charge in [0.1, 0.15) is 20.1 Å². The molecule has 0 aromatic carbocycles. The van der Waals surface area contributed by atoms with Crippen LogP contribution in [-0.4, -0.2) is 65.1 Å². The largest absolute Gasteiger partial charge is 0.429 e. The van der Waals surface area contributed by atoms with Crippen LogP contribution in [-0.2, 0) is 4.74 Å². The Balaban J connectivity index is 2.22. The Kier molecular flexibility index (Phi) is 3.79. The van der Waals surface area contributed by atoms with E-state index in [0.717, 1.165) is 7.85 Å². The number of hydrogen-bond donors (Lipinski definition) is 3. The van der Waals surface area contributed by atoms with E-state index >= 15 is 4.39 Å². The van der Waals surface area contributed by atoms with Crippen molar-refractivity contribution in [3.05, 3.63) is 20.8 Å². The summed E-state index contributed by atoms with van der Waals surface area (Å²) in [5.41, 5.74) is -8.59. The molecule has 4 atom stereocenters. The van der Waals surface area contributed by atoms with E-state index in [9.17, 15) is 33.0 Å². The topological polar surface area (TPSA) is 105 Å². The summed E-state index contributed by atoms with van der Waals surface area (Å²) >= 11 is 0. The van der Waals surface area contributed by atoms with Crippen LogP contribution in [0.1, 0.15) is 19.1 Å². The van der Waals surface area contributed by atoms with Crippen LogP contribution in [0.2, 0.25) is 0 Å². The van der Waals surface area contributed by atoms with Crippen molar-refractivity contribution in [3.8, 4) is 0 Å². The highest BCUT2D eigenvalue weighted by Gasteiger charge is 2.76. The fourth-order valence-corrected chi connectivity index (χ4v) is 3.10. The Morgan fingerprint density at radius 3 is 2.32 bits per heavy atom. The summed E-state index contributed by atoms with van der Waals surface area (Å²) in [5.74, 6) is 0. The Morgan fingerprint density at radius 2 is 1.84 bits per heavy atom. The Bertz CT molecular complexity index is 836. The second-order valence-corrected chi connectivity index (χ2v) is 6.56. The number of rotatable bonds is 2. The zero-order valence-electron chi connectivity index (χ0n) is 13.2. The molecule has 0 bridgehead atoms. The van der Waals surface area contributed by atoms with Gasteiger partial charge in [0, 0.05) is 0 Å². The lowest BCUT2D eigenvalue weighted by Gasteiger charge is -2.32. The van der Waals surface area contributed by atoms with Crippen molar-refractivity contribution in [1.29, 1.82) is 0 Å². The first-order valence-corrected chi connectivity index (χ1v) is 7.48. The molecule has 1 aliphatic heterocycles. The first-order chi connectivity index (χ1) is 11.3. The van der Waals surface area contributed by atoms with Gasteiger partial charge in [-0.1, -0.05) is 0 Å². The van der Waals surface area contributed by atoms with E-state index < -0.39 is 47.1 Å². The van der Waals surface area contributed by atoms with Gasteiger partial charge in [0.25, 0.3) is 5.67 Å². The van der Waals surface area contributed by atoms with Gasteiger partial charge in [0.05, 0.1) is 5.60 Å². The SMILES string of the molecule is Bc1c(B)n([C@@H]2OC(C3(O)CC3)[C@H](O)C2(F)C(F)(F)F)c(=O)[nH]c1=O. The molecule has 3 rings (SSSR count). The minimum absolute atomic E-state index is 0.0356. The van der Waals surface area contributed by atoms with Gasteiger partial charge in [0.2, 0.25) is 5.56 Å². The maximum Gasteiger partial charge on any atom is 0.429 e. The second-order valence-electron chi connectivity index (χ2n) is 6.56. The van der Waals surface area contributed by atoms with Crippen molar-refractivity contribution < 1.29 is 32.5 Å². The van der Waals surface area contributed by atoms with E-state index in [1.165, 1.54) is 7.85 Å². The molecule has 136 valence electrons. The van der Waals surface area contributed by atoms with Crippen LogP contribution in [0.5, 0.6) is 0 Å². The molecular weight excluding hydrogens is 350 g/mol. The highest BCUT2D eigenvalue weighted by Crippen LogP contribution is 2.56. The summed E-state index contributed by atoms with van der Waals surface area (Å²) in [6, 6.07) is 0. The van der Waals surface area contributed by atoms with Gasteiger partial charge in [0.15, 0.2) is 14.1 Å². The normalized spacial score (nSPS) is 34.2. The van der Waals surface area contributed by atoms with Gasteiger partial charge in [-0.05, 0) is 23.9 Å². The zero-order valence-corrected chi connectivity index (χ0v) is 13.2. The summed E-state index contributed by atoms with van der Waals surface area (Å²) in [7, 11) is 2.41. The van der Waals surface area contributed by atoms with Gasteiger partial charge in [-0.15, -0.1) is 0 Å². The van der Waals surface area contributed by atoms with Gasteiger partial charge in [-0.2, -0.15) is 13.2 Å². The number of nitrogens with zero attached hydrogens (tertiary/aromatic N) is 1. The molecule has 2 aliphatic rings. The number of aliphatic hydroxyl groups is 2. The van der Waals surface area contributed by atoms with Crippen LogP contribution in [0.3, 0.4) is 0 Å². The molecule has 0 radical (unpaired) electrons. The summed E-state index contributed by atoms with van der Waals surface area (Å²) in [6.45, 7) is 0. The predicted molar refractivity (Wildman–Crippen MR) is 81.7 cm³/mol. The number of ether oxygens (including phenoxy) is 1. The smallest absolute Gasteiger partial charge is 0.387 e. The van der Waals surface area contributed by atoms with Crippen LogP contribution in [0, 0.1) is 0 Å². The molecule has 7 nitrogen and oxygen atoms in total. The Hall–Kier alpha value is -1.59. The fourth-order valence-electron chi connectivity index (χ4n) is 3.10. The van der Waals surface area contributed by atoms with Crippen molar-refractivity contribution in [2.24, 2.45) is 0 Å². The zero-order chi connectivity index (χ0) is 18.9. The standard InChI is InChI=1S/C12H14B2F4N2O5/c13-3-6(14)20(9(23)19-7(3)22)8-11(15,12(16,17)18)4(21)5(25-8)10(24)1-2-10/h4-5,8,21,24H,1-2,13-14H2,(H,19,22,23)/t4-,5?,8+,11?/m0/s1. The first kappa shape index (κ1) is 18.2. The van der Waals surface area contributed by atoms with Crippen LogP contribution in [0.25, 0.3) is 0 Å². The molecule has 1 aromatic rings. The third-order valence-corrected chi connectivity index (χ3v) is 5.00. The number of halogens is 4. The van der Waals surface area contributed by atoms with Crippen molar-refractivity contribution in [3.63, 3.8) is 0 Å². The first-order valence-electron chi connectivity index (χ1n) is 7.48. The Labute approximate surface area is 139 Å². The molecule has 1 aromatic heterocycles. The summed E-state index contributed by atoms with van der Waals surface area (Å²) in [4.78, 5) is 25.4. The number of hydrogen-bond acceptors (Lipinski definition) is 5. The molecular formula is C12H14B2F4N2O5. The molecule has 25 heavy (non-hydrogen) atoms. The van der Waals surface area contributed by atoms with Crippen LogP contribution in [0.15, 0.2) is 9.59 Å². The lowest BCUT2D eigenvalue weighted by Crippen LogP contribution is -2.61.